The van der Waals surface area contributed by atoms with Crippen molar-refractivity contribution >= 4 is 28.6 Å². The zero-order valence-electron chi connectivity index (χ0n) is 13.1. The minimum atomic E-state index is 0.0328. The largest absolute Gasteiger partial charge is 0.468 e. The van der Waals surface area contributed by atoms with Gasteiger partial charge in [0.2, 0.25) is 0 Å². The number of amides is 1. The molecule has 0 atom stereocenters. The third-order valence-electron chi connectivity index (χ3n) is 4.11. The quantitative estimate of drug-likeness (QED) is 0.716. The first-order chi connectivity index (χ1) is 11.8. The topological polar surface area (TPSA) is 49.6 Å². The molecule has 4 rings (SSSR count). The summed E-state index contributed by atoms with van der Waals surface area (Å²) in [4.78, 5) is 21.4. The molecule has 0 saturated carbocycles. The third kappa shape index (κ3) is 3.28. The van der Waals surface area contributed by atoms with Crippen LogP contribution in [0.5, 0.6) is 0 Å². The second kappa shape index (κ2) is 6.88. The minimum Gasteiger partial charge on any atom is -0.468 e. The van der Waals surface area contributed by atoms with E-state index in [1.54, 1.807) is 17.6 Å². The molecule has 0 unspecified atom stereocenters. The lowest BCUT2D eigenvalue weighted by molar-refractivity contribution is 0.0615. The number of thiophene rings is 1. The summed E-state index contributed by atoms with van der Waals surface area (Å²) in [5.41, 5.74) is 1.65. The summed E-state index contributed by atoms with van der Waals surface area (Å²) in [6.45, 7) is 3.96. The van der Waals surface area contributed by atoms with E-state index in [1.165, 1.54) is 11.3 Å². The van der Waals surface area contributed by atoms with E-state index < -0.39 is 0 Å². The smallest absolute Gasteiger partial charge is 0.273 e. The highest BCUT2D eigenvalue weighted by atomic mass is 32.1. The molecular formula is C17H17N3O2S2. The van der Waals surface area contributed by atoms with Crippen LogP contribution in [0.4, 0.5) is 0 Å². The molecule has 0 aromatic carbocycles. The van der Waals surface area contributed by atoms with E-state index in [0.29, 0.717) is 5.69 Å². The van der Waals surface area contributed by atoms with Crippen LogP contribution in [-0.4, -0.2) is 46.9 Å². The Morgan fingerprint density at radius 3 is 2.79 bits per heavy atom. The van der Waals surface area contributed by atoms with Gasteiger partial charge in [0.05, 0.1) is 12.8 Å². The Hall–Kier alpha value is -1.96. The van der Waals surface area contributed by atoms with Gasteiger partial charge in [0.15, 0.2) is 0 Å². The van der Waals surface area contributed by atoms with Crippen LogP contribution >= 0.6 is 22.7 Å². The Morgan fingerprint density at radius 2 is 2.08 bits per heavy atom. The molecule has 1 fully saturated rings. The summed E-state index contributed by atoms with van der Waals surface area (Å²) in [5, 5.41) is 6.86. The van der Waals surface area contributed by atoms with Gasteiger partial charge in [-0.25, -0.2) is 4.98 Å². The number of rotatable bonds is 4. The van der Waals surface area contributed by atoms with Crippen LogP contribution in [-0.2, 0) is 6.54 Å². The minimum absolute atomic E-state index is 0.0328. The van der Waals surface area contributed by atoms with Crippen molar-refractivity contribution in [3.05, 3.63) is 52.1 Å². The number of carbonyl (C=O) groups excluding carboxylic acids is 1. The van der Waals surface area contributed by atoms with Crippen LogP contribution in [0, 0.1) is 0 Å². The first-order valence-electron chi connectivity index (χ1n) is 7.82. The van der Waals surface area contributed by atoms with Gasteiger partial charge in [-0.15, -0.1) is 11.3 Å². The Balaban J connectivity index is 1.36. The van der Waals surface area contributed by atoms with Crippen molar-refractivity contribution in [2.75, 3.05) is 26.2 Å². The molecule has 0 bridgehead atoms. The molecule has 1 saturated heterocycles. The number of aromatic nitrogens is 1. The van der Waals surface area contributed by atoms with E-state index in [9.17, 15) is 4.79 Å². The second-order valence-corrected chi connectivity index (χ2v) is 7.34. The first-order valence-corrected chi connectivity index (χ1v) is 9.64. The summed E-state index contributed by atoms with van der Waals surface area (Å²) < 4.78 is 5.39. The monoisotopic (exact) mass is 359 g/mol. The molecule has 7 heteroatoms. The molecule has 24 heavy (non-hydrogen) atoms. The summed E-state index contributed by atoms with van der Waals surface area (Å²) in [6.07, 6.45) is 1.70. The Bertz CT molecular complexity index is 788. The van der Waals surface area contributed by atoms with Crippen molar-refractivity contribution in [1.29, 1.82) is 0 Å². The van der Waals surface area contributed by atoms with Crippen molar-refractivity contribution in [3.63, 3.8) is 0 Å². The Kier molecular flexibility index (Phi) is 4.46. The van der Waals surface area contributed by atoms with Gasteiger partial charge in [-0.2, -0.15) is 11.3 Å². The van der Waals surface area contributed by atoms with E-state index >= 15 is 0 Å². The molecule has 1 aliphatic rings. The van der Waals surface area contributed by atoms with Crippen LogP contribution < -0.4 is 0 Å². The highest BCUT2D eigenvalue weighted by Gasteiger charge is 2.24. The number of carbonyl (C=O) groups is 1. The predicted octanol–water partition coefficient (Wildman–Crippen LogP) is 3.42. The van der Waals surface area contributed by atoms with Crippen LogP contribution in [0.25, 0.3) is 10.6 Å². The van der Waals surface area contributed by atoms with Gasteiger partial charge in [0, 0.05) is 42.5 Å². The standard InChI is InChI=1S/C17H17N3O2S2/c21-17(15-12-24-16(18-15)13-3-9-23-11-13)20-6-4-19(5-7-20)10-14-2-1-8-22-14/h1-3,8-9,11-12H,4-7,10H2. The number of nitrogens with zero attached hydrogens (tertiary/aromatic N) is 3. The van der Waals surface area contributed by atoms with E-state index in [1.807, 2.05) is 33.9 Å². The number of hydrogen-bond donors (Lipinski definition) is 0. The first kappa shape index (κ1) is 15.6. The SMILES string of the molecule is O=C(c1csc(-c2ccsc2)n1)N1CCN(Cc2ccco2)CC1. The predicted molar refractivity (Wildman–Crippen MR) is 95.3 cm³/mol. The van der Waals surface area contributed by atoms with Crippen molar-refractivity contribution in [2.45, 2.75) is 6.54 Å². The molecule has 3 aromatic rings. The molecule has 0 radical (unpaired) electrons. The highest BCUT2D eigenvalue weighted by molar-refractivity contribution is 7.14. The maximum absolute atomic E-state index is 12.6. The molecule has 3 aromatic heterocycles. The number of furan rings is 1. The highest BCUT2D eigenvalue weighted by Crippen LogP contribution is 2.26. The fourth-order valence-corrected chi connectivity index (χ4v) is 4.29. The zero-order valence-corrected chi connectivity index (χ0v) is 14.7. The second-order valence-electron chi connectivity index (χ2n) is 5.70. The van der Waals surface area contributed by atoms with Crippen molar-refractivity contribution < 1.29 is 9.21 Å². The summed E-state index contributed by atoms with van der Waals surface area (Å²) in [6, 6.07) is 5.92. The van der Waals surface area contributed by atoms with Gasteiger partial charge in [0.1, 0.15) is 16.5 Å². The molecular weight excluding hydrogens is 342 g/mol. The molecule has 0 N–H and O–H groups in total. The van der Waals surface area contributed by atoms with Gasteiger partial charge >= 0.3 is 0 Å². The van der Waals surface area contributed by atoms with E-state index in [4.69, 9.17) is 4.42 Å². The van der Waals surface area contributed by atoms with Gasteiger partial charge in [0.25, 0.3) is 5.91 Å². The number of hydrogen-bond acceptors (Lipinski definition) is 6. The van der Waals surface area contributed by atoms with Crippen LogP contribution in [0.1, 0.15) is 16.2 Å². The van der Waals surface area contributed by atoms with Gasteiger partial charge in [-0.05, 0) is 23.6 Å². The molecule has 1 amide bonds. The van der Waals surface area contributed by atoms with Gasteiger partial charge < -0.3 is 9.32 Å². The third-order valence-corrected chi connectivity index (χ3v) is 5.69. The molecule has 0 aliphatic carbocycles. The average Bonchev–Trinajstić information content (AvgIpc) is 3.36. The summed E-state index contributed by atoms with van der Waals surface area (Å²) in [7, 11) is 0. The lowest BCUT2D eigenvalue weighted by atomic mass is 10.2. The molecule has 4 heterocycles. The fraction of sp³-hybridized carbons (Fsp3) is 0.294. The summed E-state index contributed by atoms with van der Waals surface area (Å²) in [5.74, 6) is 1.00. The molecule has 0 spiro atoms. The van der Waals surface area contributed by atoms with Crippen molar-refractivity contribution in [2.24, 2.45) is 0 Å². The number of piperazine rings is 1. The maximum atomic E-state index is 12.6. The average molecular weight is 359 g/mol. The van der Waals surface area contributed by atoms with Crippen molar-refractivity contribution in [1.82, 2.24) is 14.8 Å². The van der Waals surface area contributed by atoms with Crippen LogP contribution in [0.3, 0.4) is 0 Å². The van der Waals surface area contributed by atoms with E-state index in [0.717, 1.165) is 49.1 Å². The lowest BCUT2D eigenvalue weighted by Gasteiger charge is -2.33. The maximum Gasteiger partial charge on any atom is 0.273 e. The Morgan fingerprint density at radius 1 is 1.21 bits per heavy atom. The van der Waals surface area contributed by atoms with Gasteiger partial charge in [-0.1, -0.05) is 0 Å². The lowest BCUT2D eigenvalue weighted by Crippen LogP contribution is -2.48. The molecule has 124 valence electrons. The van der Waals surface area contributed by atoms with E-state index in [-0.39, 0.29) is 5.91 Å². The van der Waals surface area contributed by atoms with Crippen LogP contribution in [0.2, 0.25) is 0 Å². The molecule has 1 aliphatic heterocycles. The fourth-order valence-electron chi connectivity index (χ4n) is 2.78. The Labute approximate surface area is 148 Å². The van der Waals surface area contributed by atoms with E-state index in [2.05, 4.69) is 15.3 Å². The van der Waals surface area contributed by atoms with Gasteiger partial charge in [-0.3, -0.25) is 9.69 Å². The van der Waals surface area contributed by atoms with Crippen LogP contribution in [0.15, 0.2) is 45.0 Å². The summed E-state index contributed by atoms with van der Waals surface area (Å²) >= 11 is 3.17. The zero-order chi connectivity index (χ0) is 16.4. The number of thiazole rings is 1. The van der Waals surface area contributed by atoms with Crippen molar-refractivity contribution in [3.8, 4) is 10.6 Å². The molecule has 5 nitrogen and oxygen atoms in total. The normalized spacial score (nSPS) is 15.8.